The molecule has 0 radical (unpaired) electrons. The van der Waals surface area contributed by atoms with Crippen LogP contribution in [-0.2, 0) is 20.8 Å². The number of amides is 1. The average molecular weight is 445 g/mol. The Balaban J connectivity index is 1.62. The maximum Gasteiger partial charge on any atom is 0.337 e. The number of nitrogens with one attached hydrogen (secondary N) is 1. The van der Waals surface area contributed by atoms with Crippen molar-refractivity contribution in [2.24, 2.45) is 5.92 Å². The molecule has 0 unspecified atom stereocenters. The van der Waals surface area contributed by atoms with Crippen molar-refractivity contribution in [3.63, 3.8) is 0 Å². The van der Waals surface area contributed by atoms with E-state index in [2.05, 4.69) is 10.2 Å². The first-order chi connectivity index (χ1) is 14.9. The van der Waals surface area contributed by atoms with Crippen LogP contribution < -0.4 is 5.32 Å². The molecule has 1 heterocycles. The summed E-state index contributed by atoms with van der Waals surface area (Å²) in [7, 11) is 2.51. The van der Waals surface area contributed by atoms with Crippen LogP contribution in [-0.4, -0.2) is 50.1 Å². The molecule has 0 aliphatic carbocycles. The fourth-order valence-corrected chi connectivity index (χ4v) is 3.74. The van der Waals surface area contributed by atoms with Crippen molar-refractivity contribution >= 4 is 35.1 Å². The number of carbonyl (C=O) groups excluding carboxylic acids is 3. The quantitative estimate of drug-likeness (QED) is 0.683. The number of halogens is 1. The second-order valence-corrected chi connectivity index (χ2v) is 7.88. The van der Waals surface area contributed by atoms with E-state index in [0.717, 1.165) is 32.5 Å². The third-order valence-corrected chi connectivity index (χ3v) is 5.57. The van der Waals surface area contributed by atoms with E-state index in [1.165, 1.54) is 38.0 Å². The number of rotatable bonds is 6. The van der Waals surface area contributed by atoms with Crippen molar-refractivity contribution in [1.29, 1.82) is 0 Å². The smallest absolute Gasteiger partial charge is 0.337 e. The molecule has 7 nitrogen and oxygen atoms in total. The van der Waals surface area contributed by atoms with E-state index in [-0.39, 0.29) is 23.0 Å². The van der Waals surface area contributed by atoms with Gasteiger partial charge >= 0.3 is 11.9 Å². The maximum atomic E-state index is 12.8. The first kappa shape index (κ1) is 22.8. The summed E-state index contributed by atoms with van der Waals surface area (Å²) in [6.07, 6.45) is 1.44. The van der Waals surface area contributed by atoms with Crippen molar-refractivity contribution in [3.8, 4) is 0 Å². The van der Waals surface area contributed by atoms with E-state index in [4.69, 9.17) is 21.1 Å². The zero-order chi connectivity index (χ0) is 22.4. The third kappa shape index (κ3) is 6.06. The van der Waals surface area contributed by atoms with Crippen molar-refractivity contribution in [2.75, 3.05) is 32.6 Å². The number of hydrogen-bond acceptors (Lipinski definition) is 6. The zero-order valence-electron chi connectivity index (χ0n) is 17.5. The molecule has 1 N–H and O–H groups in total. The number of benzene rings is 2. The standard InChI is InChI=1S/C23H25ClN2O5/c1-30-22(28)17-11-18(23(29)31-2)13-20(12-17)25-21(27)16-7-9-26(10-8-16)14-15-3-5-19(24)6-4-15/h3-6,11-13,16H,7-10,14H2,1-2H3,(H,25,27). The summed E-state index contributed by atoms with van der Waals surface area (Å²) < 4.78 is 9.46. The second-order valence-electron chi connectivity index (χ2n) is 7.45. The van der Waals surface area contributed by atoms with Crippen molar-refractivity contribution in [3.05, 3.63) is 64.2 Å². The van der Waals surface area contributed by atoms with Crippen molar-refractivity contribution < 1.29 is 23.9 Å². The summed E-state index contributed by atoms with van der Waals surface area (Å²) in [6.45, 7) is 2.42. The first-order valence-electron chi connectivity index (χ1n) is 9.99. The van der Waals surface area contributed by atoms with Crippen LogP contribution in [0.15, 0.2) is 42.5 Å². The average Bonchev–Trinajstić information content (AvgIpc) is 2.79. The van der Waals surface area contributed by atoms with Gasteiger partial charge in [0.05, 0.1) is 25.3 Å². The lowest BCUT2D eigenvalue weighted by molar-refractivity contribution is -0.121. The number of nitrogens with zero attached hydrogens (tertiary/aromatic N) is 1. The van der Waals surface area contributed by atoms with E-state index >= 15 is 0 Å². The van der Waals surface area contributed by atoms with Crippen molar-refractivity contribution in [2.45, 2.75) is 19.4 Å². The molecule has 0 aromatic heterocycles. The van der Waals surface area contributed by atoms with Crippen LogP contribution in [0.2, 0.25) is 5.02 Å². The predicted molar refractivity (Wildman–Crippen MR) is 117 cm³/mol. The summed E-state index contributed by atoms with van der Waals surface area (Å²) in [4.78, 5) is 38.9. The van der Waals surface area contributed by atoms with E-state index < -0.39 is 11.9 Å². The highest BCUT2D eigenvalue weighted by Gasteiger charge is 2.25. The molecule has 1 amide bonds. The van der Waals surface area contributed by atoms with Crippen LogP contribution in [0.25, 0.3) is 0 Å². The van der Waals surface area contributed by atoms with Gasteiger partial charge in [-0.25, -0.2) is 9.59 Å². The molecule has 164 valence electrons. The molecular formula is C23H25ClN2O5. The lowest BCUT2D eigenvalue weighted by Crippen LogP contribution is -2.37. The first-order valence-corrected chi connectivity index (χ1v) is 10.4. The number of likely N-dealkylation sites (tertiary alicyclic amines) is 1. The lowest BCUT2D eigenvalue weighted by atomic mass is 9.95. The number of ether oxygens (including phenoxy) is 2. The molecule has 0 spiro atoms. The normalized spacial score (nSPS) is 14.7. The van der Waals surface area contributed by atoms with Gasteiger partial charge in [-0.15, -0.1) is 0 Å². The highest BCUT2D eigenvalue weighted by molar-refractivity contribution is 6.30. The number of hydrogen-bond donors (Lipinski definition) is 1. The molecule has 2 aromatic carbocycles. The number of piperidine rings is 1. The highest BCUT2D eigenvalue weighted by atomic mass is 35.5. The predicted octanol–water partition coefficient (Wildman–Crippen LogP) is 3.76. The van der Waals surface area contributed by atoms with Gasteiger partial charge in [0.15, 0.2) is 0 Å². The van der Waals surface area contributed by atoms with Gasteiger partial charge in [-0.1, -0.05) is 23.7 Å². The monoisotopic (exact) mass is 444 g/mol. The summed E-state index contributed by atoms with van der Waals surface area (Å²) in [6, 6.07) is 12.1. The minimum absolute atomic E-state index is 0.135. The molecule has 0 bridgehead atoms. The Morgan fingerprint density at radius 2 is 1.52 bits per heavy atom. The van der Waals surface area contributed by atoms with Gasteiger partial charge < -0.3 is 14.8 Å². The summed E-state index contributed by atoms with van der Waals surface area (Å²) in [5, 5.41) is 3.55. The van der Waals surface area contributed by atoms with Crippen molar-refractivity contribution in [1.82, 2.24) is 4.90 Å². The molecule has 1 saturated heterocycles. The second kappa shape index (κ2) is 10.4. The van der Waals surface area contributed by atoms with Crippen LogP contribution in [0.5, 0.6) is 0 Å². The fourth-order valence-electron chi connectivity index (χ4n) is 3.62. The molecule has 0 atom stereocenters. The number of esters is 2. The van der Waals surface area contributed by atoms with Gasteiger partial charge in [0, 0.05) is 23.2 Å². The summed E-state index contributed by atoms with van der Waals surface area (Å²) in [5.74, 6) is -1.48. The Bertz CT molecular complexity index is 919. The molecule has 3 rings (SSSR count). The van der Waals surface area contributed by atoms with Crippen LogP contribution in [0.1, 0.15) is 39.1 Å². The molecule has 2 aromatic rings. The third-order valence-electron chi connectivity index (χ3n) is 5.32. The van der Waals surface area contributed by atoms with Gasteiger partial charge in [-0.3, -0.25) is 9.69 Å². The Morgan fingerprint density at radius 1 is 0.968 bits per heavy atom. The Labute approximate surface area is 186 Å². The van der Waals surface area contributed by atoms with Crippen LogP contribution >= 0.6 is 11.6 Å². The van der Waals surface area contributed by atoms with E-state index in [1.807, 2.05) is 24.3 Å². The van der Waals surface area contributed by atoms with Crippen LogP contribution in [0.3, 0.4) is 0 Å². The van der Waals surface area contributed by atoms with Gasteiger partial charge in [-0.2, -0.15) is 0 Å². The van der Waals surface area contributed by atoms with E-state index in [0.29, 0.717) is 10.7 Å². The highest BCUT2D eigenvalue weighted by Crippen LogP contribution is 2.23. The minimum atomic E-state index is -0.600. The molecule has 1 aliphatic heterocycles. The van der Waals surface area contributed by atoms with Crippen LogP contribution in [0.4, 0.5) is 5.69 Å². The van der Waals surface area contributed by atoms with Gasteiger partial charge in [0.25, 0.3) is 0 Å². The van der Waals surface area contributed by atoms with Crippen LogP contribution in [0, 0.1) is 5.92 Å². The number of methoxy groups -OCH3 is 2. The lowest BCUT2D eigenvalue weighted by Gasteiger charge is -2.31. The molecule has 0 saturated carbocycles. The van der Waals surface area contributed by atoms with E-state index in [9.17, 15) is 14.4 Å². The Kier molecular flexibility index (Phi) is 7.65. The molecular weight excluding hydrogens is 420 g/mol. The fraction of sp³-hybridized carbons (Fsp3) is 0.348. The Hall–Kier alpha value is -2.90. The summed E-state index contributed by atoms with van der Waals surface area (Å²) >= 11 is 5.94. The number of carbonyl (C=O) groups is 3. The maximum absolute atomic E-state index is 12.8. The SMILES string of the molecule is COC(=O)c1cc(NC(=O)C2CCN(Cc3ccc(Cl)cc3)CC2)cc(C(=O)OC)c1. The largest absolute Gasteiger partial charge is 0.465 e. The molecule has 8 heteroatoms. The molecule has 31 heavy (non-hydrogen) atoms. The number of anilines is 1. The topological polar surface area (TPSA) is 84.9 Å². The van der Waals surface area contributed by atoms with E-state index in [1.54, 1.807) is 0 Å². The Morgan fingerprint density at radius 3 is 2.03 bits per heavy atom. The molecule has 1 fully saturated rings. The minimum Gasteiger partial charge on any atom is -0.465 e. The summed E-state index contributed by atoms with van der Waals surface area (Å²) in [5.41, 5.74) is 1.87. The van der Waals surface area contributed by atoms with Gasteiger partial charge in [0.1, 0.15) is 0 Å². The zero-order valence-corrected chi connectivity index (χ0v) is 18.3. The van der Waals surface area contributed by atoms with Gasteiger partial charge in [0.2, 0.25) is 5.91 Å². The van der Waals surface area contributed by atoms with Gasteiger partial charge in [-0.05, 0) is 61.8 Å². The molecule has 1 aliphatic rings.